The molecule has 0 saturated carbocycles. The summed E-state index contributed by atoms with van der Waals surface area (Å²) in [4.78, 5) is 11.5. The lowest BCUT2D eigenvalue weighted by molar-refractivity contribution is -0.124. The zero-order chi connectivity index (χ0) is 17.5. The smallest absolute Gasteiger partial charge is 0.264 e. The number of halogens is 2. The van der Waals surface area contributed by atoms with Crippen LogP contribution in [0, 0.1) is 0 Å². The summed E-state index contributed by atoms with van der Waals surface area (Å²) < 4.78 is 32.6. The Hall–Kier alpha value is -1.96. The van der Waals surface area contributed by atoms with Crippen LogP contribution in [0.25, 0.3) is 0 Å². The minimum Gasteiger partial charge on any atom is -0.476 e. The van der Waals surface area contributed by atoms with Crippen LogP contribution in [-0.4, -0.2) is 27.0 Å². The summed E-state index contributed by atoms with van der Waals surface area (Å²) in [5, 5.41) is 0.360. The fraction of sp³-hybridized carbons (Fsp3) is 0.133. The zero-order valence-electron chi connectivity index (χ0n) is 12.1. The molecule has 2 aromatic rings. The van der Waals surface area contributed by atoms with Gasteiger partial charge in [0.2, 0.25) is 0 Å². The number of benzene rings is 2. The van der Waals surface area contributed by atoms with Crippen molar-refractivity contribution in [2.75, 3.05) is 10.8 Å². The van der Waals surface area contributed by atoms with Crippen LogP contribution in [0.5, 0.6) is 5.75 Å². The number of para-hydroxylation sites is 2. The average molecular weight is 387 g/mol. The summed E-state index contributed by atoms with van der Waals surface area (Å²) in [7, 11) is -3.98. The number of nitrogens with two attached hydrogens (primary N) is 1. The molecule has 1 aliphatic heterocycles. The van der Waals surface area contributed by atoms with Crippen LogP contribution in [0.15, 0.2) is 47.4 Å². The van der Waals surface area contributed by atoms with Crippen molar-refractivity contribution in [2.24, 2.45) is 5.73 Å². The molecule has 2 N–H and O–H groups in total. The highest BCUT2D eigenvalue weighted by atomic mass is 35.5. The van der Waals surface area contributed by atoms with Gasteiger partial charge in [-0.05, 0) is 30.3 Å². The third-order valence-electron chi connectivity index (χ3n) is 3.53. The van der Waals surface area contributed by atoms with E-state index in [0.717, 1.165) is 4.31 Å². The average Bonchev–Trinajstić information content (AvgIpc) is 2.56. The molecule has 0 bridgehead atoms. The molecule has 0 saturated heterocycles. The Labute approximate surface area is 148 Å². The van der Waals surface area contributed by atoms with Crippen molar-refractivity contribution in [1.82, 2.24) is 0 Å². The monoisotopic (exact) mass is 386 g/mol. The normalized spacial score (nSPS) is 17.1. The Morgan fingerprint density at radius 3 is 2.54 bits per heavy atom. The van der Waals surface area contributed by atoms with Crippen molar-refractivity contribution < 1.29 is 17.9 Å². The fourth-order valence-electron chi connectivity index (χ4n) is 2.34. The van der Waals surface area contributed by atoms with E-state index in [-0.39, 0.29) is 27.2 Å². The molecule has 0 spiro atoms. The largest absolute Gasteiger partial charge is 0.476 e. The molecule has 1 heterocycles. The van der Waals surface area contributed by atoms with Gasteiger partial charge in [0, 0.05) is 0 Å². The first-order chi connectivity index (χ1) is 11.3. The van der Waals surface area contributed by atoms with E-state index >= 15 is 0 Å². The number of sulfonamides is 1. The number of hydrogen-bond donors (Lipinski definition) is 1. The zero-order valence-corrected chi connectivity index (χ0v) is 14.5. The molecule has 6 nitrogen and oxygen atoms in total. The lowest BCUT2D eigenvalue weighted by atomic mass is 10.2. The van der Waals surface area contributed by atoms with Gasteiger partial charge in [-0.1, -0.05) is 35.3 Å². The van der Waals surface area contributed by atoms with Gasteiger partial charge in [0.15, 0.2) is 6.10 Å². The first kappa shape index (κ1) is 16.9. The van der Waals surface area contributed by atoms with E-state index in [2.05, 4.69) is 0 Å². The van der Waals surface area contributed by atoms with Crippen molar-refractivity contribution >= 4 is 44.8 Å². The predicted molar refractivity (Wildman–Crippen MR) is 91.0 cm³/mol. The second kappa shape index (κ2) is 6.16. The molecule has 1 aliphatic rings. The number of ether oxygens (including phenoxy) is 1. The number of primary amides is 1. The highest BCUT2D eigenvalue weighted by Gasteiger charge is 2.36. The maximum atomic E-state index is 13.0. The highest BCUT2D eigenvalue weighted by Crippen LogP contribution is 2.37. The molecule has 1 atom stereocenters. The highest BCUT2D eigenvalue weighted by molar-refractivity contribution is 7.92. The van der Waals surface area contributed by atoms with Crippen molar-refractivity contribution in [2.45, 2.75) is 11.0 Å². The van der Waals surface area contributed by atoms with Crippen molar-refractivity contribution in [3.05, 3.63) is 52.5 Å². The molecule has 3 rings (SSSR count). The van der Waals surface area contributed by atoms with Crippen LogP contribution in [-0.2, 0) is 14.8 Å². The van der Waals surface area contributed by atoms with E-state index in [1.807, 2.05) is 0 Å². The summed E-state index contributed by atoms with van der Waals surface area (Å²) in [5.41, 5.74) is 5.61. The minimum atomic E-state index is -3.98. The van der Waals surface area contributed by atoms with Crippen molar-refractivity contribution in [1.29, 1.82) is 0 Å². The fourth-order valence-corrected chi connectivity index (χ4v) is 4.21. The van der Waals surface area contributed by atoms with Crippen molar-refractivity contribution in [3.8, 4) is 5.75 Å². The van der Waals surface area contributed by atoms with E-state index in [0.29, 0.717) is 5.69 Å². The van der Waals surface area contributed by atoms with E-state index in [1.54, 1.807) is 24.3 Å². The van der Waals surface area contributed by atoms with E-state index in [9.17, 15) is 13.2 Å². The molecule has 2 aromatic carbocycles. The second-order valence-electron chi connectivity index (χ2n) is 5.09. The van der Waals surface area contributed by atoms with E-state index < -0.39 is 22.0 Å². The predicted octanol–water partition coefficient (Wildman–Crippen LogP) is 2.44. The number of rotatable bonds is 3. The van der Waals surface area contributed by atoms with Gasteiger partial charge in [-0.2, -0.15) is 0 Å². The summed E-state index contributed by atoms with van der Waals surface area (Å²) in [5.74, 6) is -0.491. The summed E-state index contributed by atoms with van der Waals surface area (Å²) in [6.45, 7) is -0.227. The molecule has 1 unspecified atom stereocenters. The Kier molecular flexibility index (Phi) is 4.33. The molecular formula is C15H12Cl2N2O4S. The van der Waals surface area contributed by atoms with Gasteiger partial charge in [-0.25, -0.2) is 8.42 Å². The van der Waals surface area contributed by atoms with Gasteiger partial charge in [0.25, 0.3) is 15.9 Å². The second-order valence-corrected chi connectivity index (χ2v) is 7.77. The maximum absolute atomic E-state index is 13.0. The lowest BCUT2D eigenvalue weighted by Crippen LogP contribution is -2.49. The number of carbonyl (C=O) groups excluding carboxylic acids is 1. The van der Waals surface area contributed by atoms with Crippen LogP contribution in [0.4, 0.5) is 5.69 Å². The third kappa shape index (κ3) is 2.90. The van der Waals surface area contributed by atoms with Crippen LogP contribution >= 0.6 is 23.2 Å². The molecule has 24 heavy (non-hydrogen) atoms. The number of carbonyl (C=O) groups is 1. The van der Waals surface area contributed by atoms with Crippen LogP contribution in [0.3, 0.4) is 0 Å². The lowest BCUT2D eigenvalue weighted by Gasteiger charge is -2.34. The number of hydrogen-bond acceptors (Lipinski definition) is 4. The maximum Gasteiger partial charge on any atom is 0.264 e. The van der Waals surface area contributed by atoms with Gasteiger partial charge < -0.3 is 10.5 Å². The molecule has 0 fully saturated rings. The van der Waals surface area contributed by atoms with Crippen LogP contribution < -0.4 is 14.8 Å². The number of anilines is 1. The minimum absolute atomic E-state index is 0.0446. The molecule has 126 valence electrons. The Morgan fingerprint density at radius 2 is 1.88 bits per heavy atom. The first-order valence-corrected chi connectivity index (χ1v) is 9.03. The number of fused-ring (bicyclic) bond motifs is 1. The van der Waals surface area contributed by atoms with Gasteiger partial charge in [-0.3, -0.25) is 9.10 Å². The van der Waals surface area contributed by atoms with Crippen molar-refractivity contribution in [3.63, 3.8) is 0 Å². The third-order valence-corrected chi connectivity index (χ3v) is 6.05. The quantitative estimate of drug-likeness (QED) is 0.876. The number of amides is 1. The first-order valence-electron chi connectivity index (χ1n) is 6.83. The van der Waals surface area contributed by atoms with Gasteiger partial charge in [0.1, 0.15) is 5.75 Å². The summed E-state index contributed by atoms with van der Waals surface area (Å²) >= 11 is 11.8. The van der Waals surface area contributed by atoms with E-state index in [4.69, 9.17) is 33.7 Å². The van der Waals surface area contributed by atoms with E-state index in [1.165, 1.54) is 18.2 Å². The summed E-state index contributed by atoms with van der Waals surface area (Å²) in [6.07, 6.45) is -1.09. The Bertz CT molecular complexity index is 917. The molecule has 0 aliphatic carbocycles. The van der Waals surface area contributed by atoms with Gasteiger partial charge in [-0.15, -0.1) is 0 Å². The standard InChI is InChI=1S/C15H12Cl2N2O4S/c16-10-6-5-9(7-11(10)17)24(21,22)19-8-14(15(18)20)23-13-4-2-1-3-12(13)19/h1-7,14H,8H2,(H2,18,20). The molecule has 1 amide bonds. The SMILES string of the molecule is NC(=O)C1CN(S(=O)(=O)c2ccc(Cl)c(Cl)c2)c2ccccc2O1. The van der Waals surface area contributed by atoms with Gasteiger partial charge >= 0.3 is 0 Å². The summed E-state index contributed by atoms with van der Waals surface area (Å²) in [6, 6.07) is 10.5. The van der Waals surface area contributed by atoms with Crippen LogP contribution in [0.1, 0.15) is 0 Å². The Balaban J connectivity index is 2.12. The molecule has 9 heteroatoms. The van der Waals surface area contributed by atoms with Gasteiger partial charge in [0.05, 0.1) is 27.2 Å². The Morgan fingerprint density at radius 1 is 1.17 bits per heavy atom. The molecule has 0 aromatic heterocycles. The topological polar surface area (TPSA) is 89.7 Å². The number of nitrogens with zero attached hydrogens (tertiary/aromatic N) is 1. The molecular weight excluding hydrogens is 375 g/mol. The molecule has 0 radical (unpaired) electrons. The van der Waals surface area contributed by atoms with Crippen LogP contribution in [0.2, 0.25) is 10.0 Å².